The van der Waals surface area contributed by atoms with E-state index in [1.54, 1.807) is 18.2 Å². The molecule has 0 spiro atoms. The van der Waals surface area contributed by atoms with E-state index < -0.39 is 12.0 Å². The van der Waals surface area contributed by atoms with Crippen LogP contribution in [-0.2, 0) is 9.53 Å². The van der Waals surface area contributed by atoms with E-state index in [9.17, 15) is 9.59 Å². The van der Waals surface area contributed by atoms with Crippen molar-refractivity contribution >= 4 is 11.9 Å². The predicted molar refractivity (Wildman–Crippen MR) is 77.7 cm³/mol. The average molecular weight is 295 g/mol. The highest BCUT2D eigenvalue weighted by atomic mass is 16.5. The van der Waals surface area contributed by atoms with Gasteiger partial charge in [0.2, 0.25) is 0 Å². The fourth-order valence-electron chi connectivity index (χ4n) is 1.83. The molecule has 1 atom stereocenters. The topological polar surface area (TPSA) is 73.9 Å². The molecule has 0 bridgehead atoms. The number of hydrogen-bond donors (Lipinski definition) is 1. The zero-order chi connectivity index (χ0) is 16.0. The first kappa shape index (κ1) is 16.8. The molecule has 0 saturated carbocycles. The standard InChI is InChI=1S/C15H21NO5/c1-9(2)13(15(18)21-5)16-14(17)10-6-7-11(19-3)12(8-10)20-4/h6-9,13H,1-5H3,(H,16,17). The smallest absolute Gasteiger partial charge is 0.328 e. The van der Waals surface area contributed by atoms with E-state index in [1.807, 2.05) is 13.8 Å². The highest BCUT2D eigenvalue weighted by Crippen LogP contribution is 2.27. The maximum absolute atomic E-state index is 12.2. The number of rotatable bonds is 6. The van der Waals surface area contributed by atoms with Crippen LogP contribution in [0.4, 0.5) is 0 Å². The van der Waals surface area contributed by atoms with Crippen LogP contribution in [0.1, 0.15) is 24.2 Å². The second-order valence-electron chi connectivity index (χ2n) is 4.79. The van der Waals surface area contributed by atoms with E-state index in [1.165, 1.54) is 21.3 Å². The predicted octanol–water partition coefficient (Wildman–Crippen LogP) is 1.63. The summed E-state index contributed by atoms with van der Waals surface area (Å²) < 4.78 is 15.0. The lowest BCUT2D eigenvalue weighted by Gasteiger charge is -2.20. The highest BCUT2D eigenvalue weighted by molar-refractivity contribution is 5.97. The monoisotopic (exact) mass is 295 g/mol. The Morgan fingerprint density at radius 2 is 1.67 bits per heavy atom. The molecular formula is C15H21NO5. The van der Waals surface area contributed by atoms with Crippen LogP contribution in [0, 0.1) is 5.92 Å². The molecule has 0 radical (unpaired) electrons. The van der Waals surface area contributed by atoms with Crippen molar-refractivity contribution in [1.29, 1.82) is 0 Å². The third-order valence-electron chi connectivity index (χ3n) is 3.05. The van der Waals surface area contributed by atoms with Crippen molar-refractivity contribution < 1.29 is 23.8 Å². The van der Waals surface area contributed by atoms with Gasteiger partial charge in [0.25, 0.3) is 5.91 Å². The van der Waals surface area contributed by atoms with Gasteiger partial charge < -0.3 is 19.5 Å². The molecule has 0 fully saturated rings. The van der Waals surface area contributed by atoms with E-state index in [0.29, 0.717) is 17.1 Å². The lowest BCUT2D eigenvalue weighted by molar-refractivity contribution is -0.144. The van der Waals surface area contributed by atoms with E-state index in [-0.39, 0.29) is 11.8 Å². The minimum absolute atomic E-state index is 0.0819. The maximum atomic E-state index is 12.2. The zero-order valence-electron chi connectivity index (χ0n) is 12.9. The van der Waals surface area contributed by atoms with Crippen LogP contribution < -0.4 is 14.8 Å². The van der Waals surface area contributed by atoms with Crippen molar-refractivity contribution in [3.8, 4) is 11.5 Å². The Morgan fingerprint density at radius 3 is 2.14 bits per heavy atom. The van der Waals surface area contributed by atoms with E-state index in [4.69, 9.17) is 14.2 Å². The number of hydrogen-bond acceptors (Lipinski definition) is 5. The number of ether oxygens (including phenoxy) is 3. The summed E-state index contributed by atoms with van der Waals surface area (Å²) in [4.78, 5) is 23.9. The Morgan fingerprint density at radius 1 is 1.05 bits per heavy atom. The van der Waals surface area contributed by atoms with E-state index >= 15 is 0 Å². The first-order valence-electron chi connectivity index (χ1n) is 6.55. The Balaban J connectivity index is 2.95. The quantitative estimate of drug-likeness (QED) is 0.807. The SMILES string of the molecule is COC(=O)C(NC(=O)c1ccc(OC)c(OC)c1)C(C)C. The number of carbonyl (C=O) groups excluding carboxylic acids is 2. The first-order chi connectivity index (χ1) is 9.94. The van der Waals surface area contributed by atoms with E-state index in [0.717, 1.165) is 0 Å². The Kier molecular flexibility index (Phi) is 6.02. The molecule has 1 amide bonds. The van der Waals surface area contributed by atoms with Crippen LogP contribution in [0.3, 0.4) is 0 Å². The molecule has 0 saturated heterocycles. The number of nitrogens with one attached hydrogen (secondary N) is 1. The van der Waals surface area contributed by atoms with Gasteiger partial charge in [0.05, 0.1) is 21.3 Å². The Bertz CT molecular complexity index is 513. The summed E-state index contributed by atoms with van der Waals surface area (Å²) >= 11 is 0. The largest absolute Gasteiger partial charge is 0.493 e. The second kappa shape index (κ2) is 7.52. The van der Waals surface area contributed by atoms with Crippen molar-refractivity contribution in [2.75, 3.05) is 21.3 Å². The van der Waals surface area contributed by atoms with Crippen LogP contribution in [0.5, 0.6) is 11.5 Å². The van der Waals surface area contributed by atoms with Gasteiger partial charge in [-0.3, -0.25) is 4.79 Å². The number of carbonyl (C=O) groups is 2. The third kappa shape index (κ3) is 4.11. The maximum Gasteiger partial charge on any atom is 0.328 e. The van der Waals surface area contributed by atoms with Crippen LogP contribution in [0.15, 0.2) is 18.2 Å². The zero-order valence-corrected chi connectivity index (χ0v) is 12.9. The molecule has 0 aliphatic rings. The summed E-state index contributed by atoms with van der Waals surface area (Å²) in [6, 6.07) is 4.10. The van der Waals surface area contributed by atoms with Crippen molar-refractivity contribution in [1.82, 2.24) is 5.32 Å². The summed E-state index contributed by atoms with van der Waals surface area (Å²) in [7, 11) is 4.30. The van der Waals surface area contributed by atoms with Crippen LogP contribution in [0.25, 0.3) is 0 Å². The number of methoxy groups -OCH3 is 3. The first-order valence-corrected chi connectivity index (χ1v) is 6.55. The molecule has 0 aliphatic carbocycles. The molecule has 116 valence electrons. The molecule has 1 rings (SSSR count). The van der Waals surface area contributed by atoms with Gasteiger partial charge in [-0.1, -0.05) is 13.8 Å². The lowest BCUT2D eigenvalue weighted by Crippen LogP contribution is -2.45. The fraction of sp³-hybridized carbons (Fsp3) is 0.467. The Labute approximate surface area is 124 Å². The summed E-state index contributed by atoms with van der Waals surface area (Å²) in [6.07, 6.45) is 0. The molecule has 21 heavy (non-hydrogen) atoms. The molecule has 0 aromatic heterocycles. The summed E-state index contributed by atoms with van der Waals surface area (Å²) in [5.74, 6) is 0.0483. The third-order valence-corrected chi connectivity index (χ3v) is 3.05. The number of benzene rings is 1. The van der Waals surface area contributed by atoms with Crippen molar-refractivity contribution in [2.24, 2.45) is 5.92 Å². The van der Waals surface area contributed by atoms with Gasteiger partial charge in [0.15, 0.2) is 11.5 Å². The second-order valence-corrected chi connectivity index (χ2v) is 4.79. The summed E-state index contributed by atoms with van der Waals surface area (Å²) in [6.45, 7) is 3.66. The Hall–Kier alpha value is -2.24. The van der Waals surface area contributed by atoms with Crippen LogP contribution in [-0.4, -0.2) is 39.2 Å². The van der Waals surface area contributed by atoms with Gasteiger partial charge in [-0.25, -0.2) is 4.79 Å². The molecule has 0 heterocycles. The minimum Gasteiger partial charge on any atom is -0.493 e. The van der Waals surface area contributed by atoms with Crippen LogP contribution in [0.2, 0.25) is 0 Å². The van der Waals surface area contributed by atoms with Gasteiger partial charge in [-0.2, -0.15) is 0 Å². The molecule has 0 aliphatic heterocycles. The fourth-order valence-corrected chi connectivity index (χ4v) is 1.83. The van der Waals surface area contributed by atoms with Gasteiger partial charge in [-0.05, 0) is 24.1 Å². The van der Waals surface area contributed by atoms with Gasteiger partial charge in [0, 0.05) is 5.56 Å². The van der Waals surface area contributed by atoms with Crippen molar-refractivity contribution in [3.05, 3.63) is 23.8 Å². The normalized spacial score (nSPS) is 11.7. The van der Waals surface area contributed by atoms with Crippen LogP contribution >= 0.6 is 0 Å². The lowest BCUT2D eigenvalue weighted by atomic mass is 10.0. The summed E-state index contributed by atoms with van der Waals surface area (Å²) in [5, 5.41) is 2.66. The molecule has 1 aromatic rings. The molecule has 6 nitrogen and oxygen atoms in total. The molecular weight excluding hydrogens is 274 g/mol. The summed E-state index contributed by atoms with van der Waals surface area (Å²) in [5.41, 5.74) is 0.377. The average Bonchev–Trinajstić information content (AvgIpc) is 2.50. The van der Waals surface area contributed by atoms with E-state index in [2.05, 4.69) is 5.32 Å². The molecule has 1 unspecified atom stereocenters. The van der Waals surface area contributed by atoms with Gasteiger partial charge in [0.1, 0.15) is 6.04 Å². The number of amides is 1. The van der Waals surface area contributed by atoms with Gasteiger partial charge in [-0.15, -0.1) is 0 Å². The molecule has 6 heteroatoms. The number of esters is 1. The molecule has 1 aromatic carbocycles. The highest BCUT2D eigenvalue weighted by Gasteiger charge is 2.25. The van der Waals surface area contributed by atoms with Crippen molar-refractivity contribution in [3.63, 3.8) is 0 Å². The molecule has 1 N–H and O–H groups in total. The van der Waals surface area contributed by atoms with Gasteiger partial charge >= 0.3 is 5.97 Å². The minimum atomic E-state index is -0.699. The van der Waals surface area contributed by atoms with Crippen molar-refractivity contribution in [2.45, 2.75) is 19.9 Å².